The van der Waals surface area contributed by atoms with E-state index in [1.54, 1.807) is 4.90 Å². The van der Waals surface area contributed by atoms with Crippen molar-refractivity contribution in [2.24, 2.45) is 23.7 Å². The zero-order valence-electron chi connectivity index (χ0n) is 17.2. The molecule has 0 atom stereocenters. The predicted octanol–water partition coefficient (Wildman–Crippen LogP) is 2.45. The van der Waals surface area contributed by atoms with E-state index in [0.29, 0.717) is 43.2 Å². The van der Waals surface area contributed by atoms with Crippen LogP contribution >= 0.6 is 0 Å². The Morgan fingerprint density at radius 2 is 1.70 bits per heavy atom. The standard InChI is InChI=1S/C23H29FN2O4/c1-30-22(29)25-19-11-26(12-19)20(27)10-23(15-2-4-18(24)5-3-15)16-6-13-7-17(23)9-14(8-16)21(13)28/h2-5,13-14,16-17,19,21,28H,6-12H2,1H3,(H,25,29). The van der Waals surface area contributed by atoms with Crippen LogP contribution in [-0.4, -0.2) is 54.4 Å². The highest BCUT2D eigenvalue weighted by atomic mass is 19.1. The molecule has 30 heavy (non-hydrogen) atoms. The molecule has 5 fully saturated rings. The minimum atomic E-state index is -0.477. The van der Waals surface area contributed by atoms with Gasteiger partial charge in [-0.3, -0.25) is 4.79 Å². The van der Waals surface area contributed by atoms with Crippen LogP contribution in [0.4, 0.5) is 9.18 Å². The summed E-state index contributed by atoms with van der Waals surface area (Å²) in [5.74, 6) is 1.16. The molecule has 4 bridgehead atoms. The number of carbonyl (C=O) groups excluding carboxylic acids is 2. The van der Waals surface area contributed by atoms with Crippen LogP contribution in [0, 0.1) is 29.5 Å². The first-order valence-corrected chi connectivity index (χ1v) is 11.0. The fraction of sp³-hybridized carbons (Fsp3) is 0.652. The Labute approximate surface area is 175 Å². The van der Waals surface area contributed by atoms with E-state index in [9.17, 15) is 19.1 Å². The number of alkyl carbamates (subject to hydrolysis) is 1. The highest BCUT2D eigenvalue weighted by Crippen LogP contribution is 2.64. The lowest BCUT2D eigenvalue weighted by Crippen LogP contribution is -2.64. The summed E-state index contributed by atoms with van der Waals surface area (Å²) in [7, 11) is 1.33. The molecule has 2 N–H and O–H groups in total. The molecule has 0 unspecified atom stereocenters. The maximum Gasteiger partial charge on any atom is 0.407 e. The summed E-state index contributed by atoms with van der Waals surface area (Å²) in [5.41, 5.74) is 0.768. The second kappa shape index (κ2) is 7.22. The van der Waals surface area contributed by atoms with E-state index in [1.807, 2.05) is 12.1 Å². The number of benzene rings is 1. The first-order valence-electron chi connectivity index (χ1n) is 11.0. The first kappa shape index (κ1) is 19.8. The monoisotopic (exact) mass is 416 g/mol. The Kier molecular flexibility index (Phi) is 4.76. The van der Waals surface area contributed by atoms with Gasteiger partial charge in [0, 0.05) is 24.9 Å². The van der Waals surface area contributed by atoms with Gasteiger partial charge >= 0.3 is 6.09 Å². The second-order valence-electron chi connectivity index (χ2n) is 9.70. The molecule has 5 aliphatic rings. The minimum Gasteiger partial charge on any atom is -0.453 e. The van der Waals surface area contributed by atoms with Gasteiger partial charge < -0.3 is 20.1 Å². The molecule has 6 nitrogen and oxygen atoms in total. The number of carbonyl (C=O) groups is 2. The van der Waals surface area contributed by atoms with Crippen LogP contribution in [0.1, 0.15) is 37.7 Å². The molecule has 4 saturated carbocycles. The molecule has 2 amide bonds. The van der Waals surface area contributed by atoms with Crippen LogP contribution in [0.3, 0.4) is 0 Å². The van der Waals surface area contributed by atoms with Crippen molar-refractivity contribution in [3.63, 3.8) is 0 Å². The Hall–Kier alpha value is -2.15. The third-order valence-electron chi connectivity index (χ3n) is 8.34. The SMILES string of the molecule is COC(=O)NC1CN(C(=O)CC2(c3ccc(F)cc3)C3CC4CC2CC(C3)C4O)C1. The summed E-state index contributed by atoms with van der Waals surface area (Å²) in [5, 5.41) is 13.3. The van der Waals surface area contributed by atoms with E-state index in [1.165, 1.54) is 19.2 Å². The maximum absolute atomic E-state index is 13.7. The molecule has 162 valence electrons. The van der Waals surface area contributed by atoms with E-state index in [4.69, 9.17) is 0 Å². The fourth-order valence-corrected chi connectivity index (χ4v) is 6.95. The normalized spacial score (nSPS) is 37.0. The van der Waals surface area contributed by atoms with Gasteiger partial charge in [-0.2, -0.15) is 0 Å². The highest BCUT2D eigenvalue weighted by Gasteiger charge is 2.61. The first-order chi connectivity index (χ1) is 14.4. The molecule has 0 radical (unpaired) electrons. The number of hydrogen-bond donors (Lipinski definition) is 2. The second-order valence-corrected chi connectivity index (χ2v) is 9.70. The molecule has 1 saturated heterocycles. The van der Waals surface area contributed by atoms with Crippen molar-refractivity contribution in [2.75, 3.05) is 20.2 Å². The molecule has 4 aliphatic carbocycles. The zero-order valence-corrected chi connectivity index (χ0v) is 17.2. The van der Waals surface area contributed by atoms with Gasteiger partial charge in [-0.1, -0.05) is 12.1 Å². The highest BCUT2D eigenvalue weighted by molar-refractivity contribution is 5.79. The quantitative estimate of drug-likeness (QED) is 0.790. The van der Waals surface area contributed by atoms with Crippen LogP contribution in [0.2, 0.25) is 0 Å². The molecule has 0 spiro atoms. The molecule has 1 aromatic carbocycles. The number of halogens is 1. The van der Waals surface area contributed by atoms with Crippen molar-refractivity contribution in [2.45, 2.75) is 49.7 Å². The van der Waals surface area contributed by atoms with Crippen LogP contribution < -0.4 is 5.32 Å². The molecule has 1 heterocycles. The number of nitrogens with one attached hydrogen (secondary N) is 1. The van der Waals surface area contributed by atoms with Gasteiger partial charge in [-0.05, 0) is 67.1 Å². The third kappa shape index (κ3) is 3.01. The zero-order chi connectivity index (χ0) is 21.0. The van der Waals surface area contributed by atoms with Crippen molar-refractivity contribution in [3.8, 4) is 0 Å². The van der Waals surface area contributed by atoms with Gasteiger partial charge in [0.25, 0.3) is 0 Å². The largest absolute Gasteiger partial charge is 0.453 e. The van der Waals surface area contributed by atoms with Crippen molar-refractivity contribution in [1.29, 1.82) is 0 Å². The van der Waals surface area contributed by atoms with Gasteiger partial charge in [-0.25, -0.2) is 9.18 Å². The van der Waals surface area contributed by atoms with E-state index < -0.39 is 6.09 Å². The van der Waals surface area contributed by atoms with Crippen molar-refractivity contribution in [3.05, 3.63) is 35.6 Å². The molecular weight excluding hydrogens is 387 g/mol. The Morgan fingerprint density at radius 3 is 2.23 bits per heavy atom. The Balaban J connectivity index is 1.38. The summed E-state index contributed by atoms with van der Waals surface area (Å²) in [6.07, 6.45) is 3.47. The molecule has 1 aliphatic heterocycles. The van der Waals surface area contributed by atoms with E-state index in [2.05, 4.69) is 10.1 Å². The van der Waals surface area contributed by atoms with Gasteiger partial charge in [0.05, 0.1) is 19.3 Å². The Bertz CT molecular complexity index is 806. The smallest absolute Gasteiger partial charge is 0.407 e. The van der Waals surface area contributed by atoms with Crippen LogP contribution in [-0.2, 0) is 14.9 Å². The summed E-state index contributed by atoms with van der Waals surface area (Å²) < 4.78 is 18.3. The Morgan fingerprint density at radius 1 is 1.13 bits per heavy atom. The number of aliphatic hydroxyl groups is 1. The van der Waals surface area contributed by atoms with Crippen LogP contribution in [0.15, 0.2) is 24.3 Å². The molecule has 7 heteroatoms. The maximum atomic E-state index is 13.7. The van der Waals surface area contributed by atoms with Crippen LogP contribution in [0.5, 0.6) is 0 Å². The van der Waals surface area contributed by atoms with Crippen molar-refractivity contribution < 1.29 is 23.8 Å². The number of rotatable bonds is 4. The number of hydrogen-bond acceptors (Lipinski definition) is 4. The lowest BCUT2D eigenvalue weighted by molar-refractivity contribution is -0.155. The van der Waals surface area contributed by atoms with Crippen molar-refractivity contribution >= 4 is 12.0 Å². The van der Waals surface area contributed by atoms with E-state index in [-0.39, 0.29) is 29.3 Å². The van der Waals surface area contributed by atoms with Crippen molar-refractivity contribution in [1.82, 2.24) is 10.2 Å². The molecular formula is C23H29FN2O4. The van der Waals surface area contributed by atoms with Crippen LogP contribution in [0.25, 0.3) is 0 Å². The average Bonchev–Trinajstić information content (AvgIpc) is 2.69. The van der Waals surface area contributed by atoms with E-state index >= 15 is 0 Å². The van der Waals surface area contributed by atoms with Gasteiger partial charge in [0.15, 0.2) is 0 Å². The number of aliphatic hydroxyl groups excluding tert-OH is 1. The minimum absolute atomic E-state index is 0.0724. The third-order valence-corrected chi connectivity index (χ3v) is 8.34. The lowest BCUT2D eigenvalue weighted by atomic mass is 9.42. The molecule has 0 aromatic heterocycles. The topological polar surface area (TPSA) is 78.9 Å². The predicted molar refractivity (Wildman–Crippen MR) is 107 cm³/mol. The number of likely N-dealkylation sites (tertiary alicyclic amines) is 1. The average molecular weight is 416 g/mol. The van der Waals surface area contributed by atoms with E-state index in [0.717, 1.165) is 31.2 Å². The summed E-state index contributed by atoms with van der Waals surface area (Å²) in [6, 6.07) is 6.65. The summed E-state index contributed by atoms with van der Waals surface area (Å²) in [4.78, 5) is 26.5. The summed E-state index contributed by atoms with van der Waals surface area (Å²) >= 11 is 0. The molecule has 6 rings (SSSR count). The van der Waals surface area contributed by atoms with Gasteiger partial charge in [0.2, 0.25) is 5.91 Å². The van der Waals surface area contributed by atoms with Gasteiger partial charge in [-0.15, -0.1) is 0 Å². The summed E-state index contributed by atoms with van der Waals surface area (Å²) in [6.45, 7) is 0.986. The number of ether oxygens (including phenoxy) is 1. The fourth-order valence-electron chi connectivity index (χ4n) is 6.95. The number of amides is 2. The van der Waals surface area contributed by atoms with Gasteiger partial charge in [0.1, 0.15) is 5.82 Å². The molecule has 1 aromatic rings. The number of methoxy groups -OCH3 is 1. The number of nitrogens with zero attached hydrogens (tertiary/aromatic N) is 1. The lowest BCUT2D eigenvalue weighted by Gasteiger charge is -2.63.